The lowest BCUT2D eigenvalue weighted by molar-refractivity contribution is 0.0304. The molecule has 1 atom stereocenters. The minimum atomic E-state index is -3.65. The number of hydrogen-bond acceptors (Lipinski definition) is 5. The molecule has 124 valence electrons. The van der Waals surface area contributed by atoms with Crippen molar-refractivity contribution < 1.29 is 17.5 Å². The lowest BCUT2D eigenvalue weighted by atomic mass is 10.1. The zero-order valence-corrected chi connectivity index (χ0v) is 13.6. The average Bonchev–Trinajstić information content (AvgIpc) is 2.91. The van der Waals surface area contributed by atoms with Crippen LogP contribution in [0, 0.1) is 5.82 Å². The van der Waals surface area contributed by atoms with Gasteiger partial charge in [-0.25, -0.2) is 12.8 Å². The molecule has 0 spiro atoms. The predicted molar refractivity (Wildman–Crippen MR) is 82.0 cm³/mol. The molecule has 0 aliphatic carbocycles. The maximum atomic E-state index is 13.9. The van der Waals surface area contributed by atoms with Gasteiger partial charge in [-0.1, -0.05) is 12.1 Å². The third kappa shape index (κ3) is 3.28. The van der Waals surface area contributed by atoms with E-state index < -0.39 is 15.7 Å². The second kappa shape index (κ2) is 6.37. The van der Waals surface area contributed by atoms with Crippen LogP contribution in [0.1, 0.15) is 19.3 Å². The number of rotatable bonds is 4. The van der Waals surface area contributed by atoms with E-state index in [0.717, 1.165) is 19.3 Å². The molecule has 8 heteroatoms. The molecule has 0 N–H and O–H groups in total. The number of nitrogens with zero attached hydrogens (tertiary/aromatic N) is 3. The number of sulfone groups is 1. The summed E-state index contributed by atoms with van der Waals surface area (Å²) in [5.41, 5.74) is 0.220. The van der Waals surface area contributed by atoms with Gasteiger partial charge in [0.15, 0.2) is 5.82 Å². The van der Waals surface area contributed by atoms with Gasteiger partial charge in [-0.3, -0.25) is 0 Å². The van der Waals surface area contributed by atoms with Crippen LogP contribution in [0.15, 0.2) is 29.4 Å². The first-order chi connectivity index (χ1) is 11.0. The average molecular weight is 339 g/mol. The van der Waals surface area contributed by atoms with Gasteiger partial charge in [0.2, 0.25) is 15.0 Å². The van der Waals surface area contributed by atoms with Crippen LogP contribution in [0.2, 0.25) is 0 Å². The summed E-state index contributed by atoms with van der Waals surface area (Å²) in [6.45, 7) is 0.583. The quantitative estimate of drug-likeness (QED) is 0.851. The van der Waals surface area contributed by atoms with Crippen LogP contribution in [0.3, 0.4) is 0 Å². The van der Waals surface area contributed by atoms with Crippen molar-refractivity contribution in [2.75, 3.05) is 12.4 Å². The van der Waals surface area contributed by atoms with Crippen LogP contribution < -0.4 is 0 Å². The van der Waals surface area contributed by atoms with Crippen molar-refractivity contribution in [3.63, 3.8) is 0 Å². The van der Waals surface area contributed by atoms with Gasteiger partial charge in [0, 0.05) is 13.7 Å². The van der Waals surface area contributed by atoms with Crippen molar-refractivity contribution in [3.8, 4) is 11.4 Å². The molecule has 2 aromatic rings. The molecule has 0 radical (unpaired) electrons. The standard InChI is InChI=1S/C15H18FN3O3S/c1-19-14(12-7-2-3-8-13(12)16)17-18-15(19)23(20,21)10-11-6-4-5-9-22-11/h2-3,7-8,11H,4-6,9-10H2,1H3/t11-/m1/s1. The molecule has 1 aliphatic rings. The third-order valence-electron chi connectivity index (χ3n) is 3.91. The zero-order valence-electron chi connectivity index (χ0n) is 12.8. The number of ether oxygens (including phenoxy) is 1. The van der Waals surface area contributed by atoms with Gasteiger partial charge < -0.3 is 9.30 Å². The minimum absolute atomic E-state index is 0.129. The molecule has 1 fully saturated rings. The molecule has 1 saturated heterocycles. The summed E-state index contributed by atoms with van der Waals surface area (Å²) in [7, 11) is -2.12. The molecule has 3 rings (SSSR count). The molecular weight excluding hydrogens is 321 g/mol. The molecule has 1 aromatic heterocycles. The van der Waals surface area contributed by atoms with Crippen molar-refractivity contribution in [2.45, 2.75) is 30.5 Å². The molecule has 0 saturated carbocycles. The monoisotopic (exact) mass is 339 g/mol. The van der Waals surface area contributed by atoms with Crippen LogP contribution in [0.4, 0.5) is 4.39 Å². The number of benzene rings is 1. The summed E-state index contributed by atoms with van der Waals surface area (Å²) in [5.74, 6) is -0.412. The van der Waals surface area contributed by atoms with E-state index >= 15 is 0 Å². The Labute approximate surface area is 134 Å². The zero-order chi connectivity index (χ0) is 16.4. The Balaban J connectivity index is 1.90. The van der Waals surface area contributed by atoms with E-state index in [1.54, 1.807) is 18.2 Å². The SMILES string of the molecule is Cn1c(-c2ccccc2F)nnc1S(=O)(=O)C[C@H]1CCCCO1. The number of halogens is 1. The second-order valence-electron chi connectivity index (χ2n) is 5.62. The summed E-state index contributed by atoms with van der Waals surface area (Å²) < 4.78 is 45.8. The first-order valence-electron chi connectivity index (χ1n) is 7.47. The Morgan fingerprint density at radius 3 is 2.78 bits per heavy atom. The smallest absolute Gasteiger partial charge is 0.249 e. The predicted octanol–water partition coefficient (Wildman–Crippen LogP) is 1.96. The van der Waals surface area contributed by atoms with Crippen molar-refractivity contribution in [1.29, 1.82) is 0 Å². The van der Waals surface area contributed by atoms with Crippen molar-refractivity contribution in [2.24, 2.45) is 7.05 Å². The molecule has 2 heterocycles. The maximum Gasteiger partial charge on any atom is 0.249 e. The van der Waals surface area contributed by atoms with Gasteiger partial charge in [-0.05, 0) is 31.4 Å². The van der Waals surface area contributed by atoms with Gasteiger partial charge in [-0.2, -0.15) is 0 Å². The largest absolute Gasteiger partial charge is 0.377 e. The van der Waals surface area contributed by atoms with Crippen LogP contribution in [-0.2, 0) is 21.6 Å². The van der Waals surface area contributed by atoms with E-state index in [-0.39, 0.29) is 28.4 Å². The molecule has 1 aromatic carbocycles. The summed E-state index contributed by atoms with van der Waals surface area (Å²) in [5, 5.41) is 7.47. The normalized spacial score (nSPS) is 19.0. The van der Waals surface area contributed by atoms with Gasteiger partial charge in [0.1, 0.15) is 5.82 Å². The van der Waals surface area contributed by atoms with Crippen LogP contribution in [-0.4, -0.2) is 41.6 Å². The van der Waals surface area contributed by atoms with Crippen LogP contribution in [0.25, 0.3) is 11.4 Å². The van der Waals surface area contributed by atoms with E-state index in [2.05, 4.69) is 10.2 Å². The Hall–Kier alpha value is -1.80. The number of hydrogen-bond donors (Lipinski definition) is 0. The van der Waals surface area contributed by atoms with Gasteiger partial charge in [0.25, 0.3) is 0 Å². The minimum Gasteiger partial charge on any atom is -0.377 e. The first-order valence-corrected chi connectivity index (χ1v) is 9.13. The van der Waals surface area contributed by atoms with Gasteiger partial charge >= 0.3 is 0 Å². The highest BCUT2D eigenvalue weighted by Crippen LogP contribution is 2.24. The molecule has 1 aliphatic heterocycles. The Morgan fingerprint density at radius 1 is 1.30 bits per heavy atom. The molecular formula is C15H18FN3O3S. The van der Waals surface area contributed by atoms with Crippen LogP contribution >= 0.6 is 0 Å². The van der Waals surface area contributed by atoms with Crippen molar-refractivity contribution in [1.82, 2.24) is 14.8 Å². The maximum absolute atomic E-state index is 13.9. The Bertz CT molecular complexity index is 798. The summed E-state index contributed by atoms with van der Waals surface area (Å²) in [6.07, 6.45) is 2.32. The Kier molecular flexibility index (Phi) is 4.45. The van der Waals surface area contributed by atoms with E-state index in [0.29, 0.717) is 6.61 Å². The fourth-order valence-electron chi connectivity index (χ4n) is 2.72. The molecule has 6 nitrogen and oxygen atoms in total. The van der Waals surface area contributed by atoms with Crippen molar-refractivity contribution in [3.05, 3.63) is 30.1 Å². The summed E-state index contributed by atoms with van der Waals surface area (Å²) in [4.78, 5) is 0. The summed E-state index contributed by atoms with van der Waals surface area (Å²) in [6, 6.07) is 6.07. The molecule has 23 heavy (non-hydrogen) atoms. The van der Waals surface area contributed by atoms with E-state index in [1.807, 2.05) is 0 Å². The van der Waals surface area contributed by atoms with Crippen molar-refractivity contribution >= 4 is 9.84 Å². The fourth-order valence-corrected chi connectivity index (χ4v) is 4.29. The van der Waals surface area contributed by atoms with Gasteiger partial charge in [-0.15, -0.1) is 10.2 Å². The highest BCUT2D eigenvalue weighted by molar-refractivity contribution is 7.91. The summed E-state index contributed by atoms with van der Waals surface area (Å²) >= 11 is 0. The lowest BCUT2D eigenvalue weighted by Crippen LogP contribution is -2.28. The first kappa shape index (κ1) is 16.1. The number of aromatic nitrogens is 3. The highest BCUT2D eigenvalue weighted by Gasteiger charge is 2.29. The van der Waals surface area contributed by atoms with Crippen LogP contribution in [0.5, 0.6) is 0 Å². The molecule has 0 bridgehead atoms. The topological polar surface area (TPSA) is 74.1 Å². The van der Waals surface area contributed by atoms with E-state index in [1.165, 1.54) is 17.7 Å². The highest BCUT2D eigenvalue weighted by atomic mass is 32.2. The molecule has 0 unspecified atom stereocenters. The lowest BCUT2D eigenvalue weighted by Gasteiger charge is -2.21. The van der Waals surface area contributed by atoms with E-state index in [4.69, 9.17) is 4.74 Å². The molecule has 0 amide bonds. The van der Waals surface area contributed by atoms with E-state index in [9.17, 15) is 12.8 Å². The second-order valence-corrected chi connectivity index (χ2v) is 7.54. The fraction of sp³-hybridized carbons (Fsp3) is 0.467. The Morgan fingerprint density at radius 2 is 2.09 bits per heavy atom. The third-order valence-corrected chi connectivity index (χ3v) is 5.63. The van der Waals surface area contributed by atoms with Gasteiger partial charge in [0.05, 0.1) is 17.4 Å².